The summed E-state index contributed by atoms with van der Waals surface area (Å²) in [6.07, 6.45) is 4.09. The SMILES string of the molecule is Cc1cnc2cc(Cl)ccc2c1NC(C)CCCN(CCCl)CCCl.Cl. The number of anilines is 1. The molecule has 1 unspecified atom stereocenters. The van der Waals surface area contributed by atoms with E-state index >= 15 is 0 Å². The molecule has 0 bridgehead atoms. The molecule has 1 aromatic heterocycles. The molecular weight excluding hydrogens is 412 g/mol. The highest BCUT2D eigenvalue weighted by Gasteiger charge is 2.11. The third-order valence-corrected chi connectivity index (χ3v) is 4.90. The number of aromatic nitrogens is 1. The van der Waals surface area contributed by atoms with Crippen molar-refractivity contribution in [3.63, 3.8) is 0 Å². The van der Waals surface area contributed by atoms with Gasteiger partial charge in [-0.15, -0.1) is 35.6 Å². The number of rotatable bonds is 10. The number of aryl methyl sites for hydroxylation is 1. The molecule has 0 amide bonds. The fourth-order valence-electron chi connectivity index (χ4n) is 2.97. The molecule has 1 N–H and O–H groups in total. The van der Waals surface area contributed by atoms with Gasteiger partial charge in [0.05, 0.1) is 5.52 Å². The quantitative estimate of drug-likeness (QED) is 0.462. The lowest BCUT2D eigenvalue weighted by Gasteiger charge is -2.22. The molecule has 0 spiro atoms. The maximum absolute atomic E-state index is 6.08. The summed E-state index contributed by atoms with van der Waals surface area (Å²) in [6, 6.07) is 6.23. The monoisotopic (exact) mass is 437 g/mol. The molecule has 0 saturated heterocycles. The highest BCUT2D eigenvalue weighted by Crippen LogP contribution is 2.28. The van der Waals surface area contributed by atoms with Crippen molar-refractivity contribution in [1.82, 2.24) is 9.88 Å². The Morgan fingerprint density at radius 2 is 1.85 bits per heavy atom. The Hall–Kier alpha value is -0.450. The van der Waals surface area contributed by atoms with Crippen molar-refractivity contribution >= 4 is 63.8 Å². The predicted molar refractivity (Wildman–Crippen MR) is 119 cm³/mol. The van der Waals surface area contributed by atoms with Crippen LogP contribution >= 0.6 is 47.2 Å². The first-order valence-corrected chi connectivity index (χ1v) is 10.2. The topological polar surface area (TPSA) is 28.2 Å². The van der Waals surface area contributed by atoms with E-state index in [4.69, 9.17) is 34.8 Å². The van der Waals surface area contributed by atoms with Gasteiger partial charge in [0, 0.05) is 53.2 Å². The molecule has 2 rings (SSSR count). The minimum absolute atomic E-state index is 0. The minimum atomic E-state index is 0. The lowest BCUT2D eigenvalue weighted by Crippen LogP contribution is -2.30. The normalized spacial score (nSPS) is 12.2. The van der Waals surface area contributed by atoms with Crippen molar-refractivity contribution in [3.05, 3.63) is 35.0 Å². The molecule has 0 aliphatic heterocycles. The van der Waals surface area contributed by atoms with E-state index in [1.54, 1.807) is 0 Å². The molecule has 1 atom stereocenters. The standard InChI is InChI=1S/C19H26Cl3N3.ClH/c1-14-13-23-18-12-16(22)5-6-17(18)19(14)24-15(2)4-3-9-25(10-7-20)11-8-21;/h5-6,12-13,15H,3-4,7-11H2,1-2H3,(H,23,24);1H. The fourth-order valence-corrected chi connectivity index (χ4v) is 3.62. The van der Waals surface area contributed by atoms with Crippen LogP contribution < -0.4 is 5.32 Å². The zero-order chi connectivity index (χ0) is 18.2. The van der Waals surface area contributed by atoms with Crippen LogP contribution in [-0.2, 0) is 0 Å². The number of halogens is 4. The van der Waals surface area contributed by atoms with Crippen LogP contribution in [0.25, 0.3) is 10.9 Å². The molecule has 0 saturated carbocycles. The Kier molecular flexibility index (Phi) is 11.0. The van der Waals surface area contributed by atoms with Gasteiger partial charge in [0.25, 0.3) is 0 Å². The molecule has 3 nitrogen and oxygen atoms in total. The van der Waals surface area contributed by atoms with E-state index in [-0.39, 0.29) is 12.4 Å². The van der Waals surface area contributed by atoms with Crippen molar-refractivity contribution in [2.75, 3.05) is 36.7 Å². The van der Waals surface area contributed by atoms with Crippen molar-refractivity contribution in [3.8, 4) is 0 Å². The van der Waals surface area contributed by atoms with Crippen molar-refractivity contribution in [2.45, 2.75) is 32.7 Å². The van der Waals surface area contributed by atoms with Crippen LogP contribution in [-0.4, -0.2) is 47.3 Å². The van der Waals surface area contributed by atoms with Crippen LogP contribution in [0.5, 0.6) is 0 Å². The fraction of sp³-hybridized carbons (Fsp3) is 0.526. The van der Waals surface area contributed by atoms with E-state index in [9.17, 15) is 0 Å². The number of nitrogens with zero attached hydrogens (tertiary/aromatic N) is 2. The van der Waals surface area contributed by atoms with Gasteiger partial charge in [-0.1, -0.05) is 11.6 Å². The summed E-state index contributed by atoms with van der Waals surface area (Å²) in [5.41, 5.74) is 3.21. The summed E-state index contributed by atoms with van der Waals surface area (Å²) >= 11 is 17.8. The lowest BCUT2D eigenvalue weighted by atomic mass is 10.1. The lowest BCUT2D eigenvalue weighted by molar-refractivity contribution is 0.298. The number of hydrogen-bond donors (Lipinski definition) is 1. The molecule has 1 aromatic carbocycles. The smallest absolute Gasteiger partial charge is 0.0737 e. The van der Waals surface area contributed by atoms with Gasteiger partial charge in [0.15, 0.2) is 0 Å². The van der Waals surface area contributed by atoms with Gasteiger partial charge in [0.1, 0.15) is 0 Å². The minimum Gasteiger partial charge on any atom is -0.382 e. The van der Waals surface area contributed by atoms with Gasteiger partial charge in [0.2, 0.25) is 0 Å². The second kappa shape index (κ2) is 12.1. The molecule has 26 heavy (non-hydrogen) atoms. The molecule has 0 aliphatic rings. The van der Waals surface area contributed by atoms with E-state index in [0.29, 0.717) is 22.8 Å². The Labute approximate surface area is 177 Å². The molecule has 0 aliphatic carbocycles. The van der Waals surface area contributed by atoms with Crippen molar-refractivity contribution in [1.29, 1.82) is 0 Å². The number of alkyl halides is 2. The summed E-state index contributed by atoms with van der Waals surface area (Å²) in [6.45, 7) is 7.11. The van der Waals surface area contributed by atoms with Gasteiger partial charge in [-0.25, -0.2) is 0 Å². The van der Waals surface area contributed by atoms with Gasteiger partial charge >= 0.3 is 0 Å². The van der Waals surface area contributed by atoms with Crippen LogP contribution in [0.2, 0.25) is 5.02 Å². The summed E-state index contributed by atoms with van der Waals surface area (Å²) < 4.78 is 0. The molecule has 1 heterocycles. The molecular formula is C19H27Cl4N3. The highest BCUT2D eigenvalue weighted by molar-refractivity contribution is 6.31. The zero-order valence-corrected chi connectivity index (χ0v) is 18.4. The first kappa shape index (κ1) is 23.6. The van der Waals surface area contributed by atoms with E-state index in [0.717, 1.165) is 54.6 Å². The van der Waals surface area contributed by atoms with Crippen LogP contribution in [0.3, 0.4) is 0 Å². The molecule has 2 aromatic rings. The van der Waals surface area contributed by atoms with E-state index in [1.807, 2.05) is 24.4 Å². The average Bonchev–Trinajstić information content (AvgIpc) is 2.58. The van der Waals surface area contributed by atoms with Crippen LogP contribution in [0, 0.1) is 6.92 Å². The average molecular weight is 439 g/mol. The number of benzene rings is 1. The van der Waals surface area contributed by atoms with Gasteiger partial charge in [-0.2, -0.15) is 0 Å². The first-order valence-electron chi connectivity index (χ1n) is 8.70. The summed E-state index contributed by atoms with van der Waals surface area (Å²) in [5.74, 6) is 1.30. The second-order valence-electron chi connectivity index (χ2n) is 6.38. The highest BCUT2D eigenvalue weighted by atomic mass is 35.5. The number of nitrogens with one attached hydrogen (secondary N) is 1. The third kappa shape index (κ3) is 6.94. The Morgan fingerprint density at radius 1 is 1.15 bits per heavy atom. The second-order valence-corrected chi connectivity index (χ2v) is 7.58. The summed E-state index contributed by atoms with van der Waals surface area (Å²) in [5, 5.41) is 5.48. The van der Waals surface area contributed by atoms with Crippen LogP contribution in [0.4, 0.5) is 5.69 Å². The van der Waals surface area contributed by atoms with Crippen molar-refractivity contribution < 1.29 is 0 Å². The van der Waals surface area contributed by atoms with Gasteiger partial charge in [-0.05, 0) is 57.0 Å². The van der Waals surface area contributed by atoms with E-state index < -0.39 is 0 Å². The Bertz CT molecular complexity index is 675. The Morgan fingerprint density at radius 3 is 2.50 bits per heavy atom. The van der Waals surface area contributed by atoms with Crippen LogP contribution in [0.1, 0.15) is 25.3 Å². The zero-order valence-electron chi connectivity index (χ0n) is 15.3. The largest absolute Gasteiger partial charge is 0.382 e. The third-order valence-electron chi connectivity index (χ3n) is 4.32. The van der Waals surface area contributed by atoms with Crippen LogP contribution in [0.15, 0.2) is 24.4 Å². The molecule has 146 valence electrons. The van der Waals surface area contributed by atoms with E-state index in [1.165, 1.54) is 0 Å². The van der Waals surface area contributed by atoms with E-state index in [2.05, 4.69) is 29.0 Å². The van der Waals surface area contributed by atoms with Gasteiger partial charge in [-0.3, -0.25) is 4.98 Å². The number of pyridine rings is 1. The number of hydrogen-bond acceptors (Lipinski definition) is 3. The summed E-state index contributed by atoms with van der Waals surface area (Å²) in [4.78, 5) is 6.80. The van der Waals surface area contributed by atoms with Crippen molar-refractivity contribution in [2.24, 2.45) is 0 Å². The Balaban J connectivity index is 0.00000338. The van der Waals surface area contributed by atoms with Gasteiger partial charge < -0.3 is 10.2 Å². The molecule has 0 fully saturated rings. The summed E-state index contributed by atoms with van der Waals surface area (Å²) in [7, 11) is 0. The maximum atomic E-state index is 6.08. The molecule has 0 radical (unpaired) electrons. The maximum Gasteiger partial charge on any atom is 0.0737 e. The number of fused-ring (bicyclic) bond motifs is 1. The first-order chi connectivity index (χ1) is 12.0. The predicted octanol–water partition coefficient (Wildman–Crippen LogP) is 5.98. The molecule has 7 heteroatoms.